The molecule has 25 heavy (non-hydrogen) atoms. The normalized spacial score (nSPS) is 11.0. The predicted molar refractivity (Wildman–Crippen MR) is 92.6 cm³/mol. The molecule has 2 aromatic heterocycles. The number of ether oxygens (including phenoxy) is 1. The summed E-state index contributed by atoms with van der Waals surface area (Å²) in [7, 11) is 0. The van der Waals surface area contributed by atoms with Crippen molar-refractivity contribution in [2.45, 2.75) is 13.8 Å². The standard InChI is InChI=1S/C19H15FN4O/c1-12-3-6-15(9-13(12)2)24-18-17(10-23-24)19(22-11-21-18)25-16-7-4-14(20)5-8-16/h3-11H,1-2H3. The molecule has 0 atom stereocenters. The van der Waals surface area contributed by atoms with Gasteiger partial charge >= 0.3 is 0 Å². The lowest BCUT2D eigenvalue weighted by Crippen LogP contribution is -1.99. The predicted octanol–water partition coefficient (Wildman–Crippen LogP) is 4.36. The van der Waals surface area contributed by atoms with Crippen LogP contribution in [0.4, 0.5) is 4.39 Å². The quantitative estimate of drug-likeness (QED) is 0.558. The highest BCUT2D eigenvalue weighted by atomic mass is 19.1. The van der Waals surface area contributed by atoms with Gasteiger partial charge in [-0.3, -0.25) is 0 Å². The molecule has 0 unspecified atom stereocenters. The van der Waals surface area contributed by atoms with E-state index in [1.807, 2.05) is 6.07 Å². The van der Waals surface area contributed by atoms with Crippen LogP contribution in [-0.4, -0.2) is 19.7 Å². The number of aromatic nitrogens is 4. The SMILES string of the molecule is Cc1ccc(-n2ncc3c(Oc4ccc(F)cc4)ncnc32)cc1C. The molecule has 4 rings (SSSR count). The first-order valence-corrected chi connectivity index (χ1v) is 7.81. The molecule has 0 aliphatic carbocycles. The van der Waals surface area contributed by atoms with E-state index in [9.17, 15) is 4.39 Å². The van der Waals surface area contributed by atoms with Crippen molar-refractivity contribution in [2.24, 2.45) is 0 Å². The van der Waals surface area contributed by atoms with Crippen molar-refractivity contribution < 1.29 is 9.13 Å². The van der Waals surface area contributed by atoms with E-state index in [2.05, 4.69) is 41.0 Å². The highest BCUT2D eigenvalue weighted by Gasteiger charge is 2.13. The van der Waals surface area contributed by atoms with Crippen LogP contribution in [0.25, 0.3) is 16.7 Å². The lowest BCUT2D eigenvalue weighted by molar-refractivity contribution is 0.466. The number of benzene rings is 2. The molecule has 0 radical (unpaired) electrons. The molecule has 0 aliphatic rings. The molecule has 6 heteroatoms. The molecule has 0 aliphatic heterocycles. The van der Waals surface area contributed by atoms with Crippen molar-refractivity contribution >= 4 is 11.0 Å². The second-order valence-electron chi connectivity index (χ2n) is 5.80. The number of aryl methyl sites for hydroxylation is 2. The molecular formula is C19H15FN4O. The number of hydrogen-bond donors (Lipinski definition) is 0. The average Bonchev–Trinajstić information content (AvgIpc) is 3.04. The summed E-state index contributed by atoms with van der Waals surface area (Å²) in [6, 6.07) is 11.9. The van der Waals surface area contributed by atoms with Crippen molar-refractivity contribution in [3.8, 4) is 17.3 Å². The minimum absolute atomic E-state index is 0.317. The minimum Gasteiger partial charge on any atom is -0.438 e. The Morgan fingerprint density at radius 2 is 1.76 bits per heavy atom. The highest BCUT2D eigenvalue weighted by molar-refractivity contribution is 5.81. The molecular weight excluding hydrogens is 319 g/mol. The van der Waals surface area contributed by atoms with Crippen LogP contribution in [0.15, 0.2) is 55.0 Å². The van der Waals surface area contributed by atoms with Gasteiger partial charge in [-0.05, 0) is 61.4 Å². The molecule has 0 saturated carbocycles. The summed E-state index contributed by atoms with van der Waals surface area (Å²) in [6.45, 7) is 4.12. The fourth-order valence-electron chi connectivity index (χ4n) is 2.56. The van der Waals surface area contributed by atoms with Gasteiger partial charge in [-0.1, -0.05) is 6.07 Å². The van der Waals surface area contributed by atoms with E-state index in [1.54, 1.807) is 23.0 Å². The van der Waals surface area contributed by atoms with Crippen LogP contribution in [0.3, 0.4) is 0 Å². The number of hydrogen-bond acceptors (Lipinski definition) is 4. The van der Waals surface area contributed by atoms with Crippen LogP contribution < -0.4 is 4.74 Å². The topological polar surface area (TPSA) is 52.8 Å². The van der Waals surface area contributed by atoms with Gasteiger partial charge in [-0.25, -0.2) is 19.0 Å². The Bertz CT molecular complexity index is 1060. The maximum atomic E-state index is 13.0. The zero-order chi connectivity index (χ0) is 17.4. The second-order valence-corrected chi connectivity index (χ2v) is 5.80. The Balaban J connectivity index is 1.77. The Morgan fingerprint density at radius 1 is 0.960 bits per heavy atom. The number of halogens is 1. The summed E-state index contributed by atoms with van der Waals surface area (Å²) in [6.07, 6.45) is 3.10. The summed E-state index contributed by atoms with van der Waals surface area (Å²) in [4.78, 5) is 8.52. The van der Waals surface area contributed by atoms with Gasteiger partial charge in [-0.15, -0.1) is 0 Å². The molecule has 0 saturated heterocycles. The van der Waals surface area contributed by atoms with E-state index in [-0.39, 0.29) is 5.82 Å². The molecule has 0 fully saturated rings. The number of rotatable bonds is 3. The molecule has 0 spiro atoms. The Hall–Kier alpha value is -3.28. The molecule has 4 aromatic rings. The van der Waals surface area contributed by atoms with Crippen LogP contribution in [0, 0.1) is 19.7 Å². The second kappa shape index (κ2) is 5.98. The van der Waals surface area contributed by atoms with Crippen molar-refractivity contribution in [2.75, 3.05) is 0 Å². The Labute approximate surface area is 143 Å². The smallest absolute Gasteiger partial charge is 0.233 e. The van der Waals surface area contributed by atoms with Crippen molar-refractivity contribution in [3.05, 3.63) is 71.9 Å². The Morgan fingerprint density at radius 3 is 2.52 bits per heavy atom. The van der Waals surface area contributed by atoms with E-state index >= 15 is 0 Å². The van der Waals surface area contributed by atoms with Crippen LogP contribution in [0.5, 0.6) is 11.6 Å². The number of nitrogens with zero attached hydrogens (tertiary/aromatic N) is 4. The molecule has 124 valence electrons. The van der Waals surface area contributed by atoms with Gasteiger partial charge in [0, 0.05) is 0 Å². The first kappa shape index (κ1) is 15.3. The summed E-state index contributed by atoms with van der Waals surface area (Å²) >= 11 is 0. The third-order valence-corrected chi connectivity index (χ3v) is 4.09. The van der Waals surface area contributed by atoms with Crippen LogP contribution >= 0.6 is 0 Å². The zero-order valence-corrected chi connectivity index (χ0v) is 13.8. The van der Waals surface area contributed by atoms with E-state index in [1.165, 1.54) is 29.6 Å². The fraction of sp³-hybridized carbons (Fsp3) is 0.105. The van der Waals surface area contributed by atoms with Gasteiger partial charge in [0.25, 0.3) is 0 Å². The van der Waals surface area contributed by atoms with Crippen molar-refractivity contribution in [3.63, 3.8) is 0 Å². The first-order chi connectivity index (χ1) is 12.1. The van der Waals surface area contributed by atoms with Crippen LogP contribution in [0.1, 0.15) is 11.1 Å². The van der Waals surface area contributed by atoms with Crippen LogP contribution in [0.2, 0.25) is 0 Å². The maximum Gasteiger partial charge on any atom is 0.233 e. The summed E-state index contributed by atoms with van der Waals surface area (Å²) in [5.41, 5.74) is 3.97. The molecule has 5 nitrogen and oxygen atoms in total. The Kier molecular flexibility index (Phi) is 3.65. The number of fused-ring (bicyclic) bond motifs is 1. The maximum absolute atomic E-state index is 13.0. The molecule has 2 heterocycles. The largest absolute Gasteiger partial charge is 0.438 e. The summed E-state index contributed by atoms with van der Waals surface area (Å²) in [5, 5.41) is 5.11. The van der Waals surface area contributed by atoms with E-state index in [4.69, 9.17) is 4.74 Å². The van der Waals surface area contributed by atoms with Gasteiger partial charge in [0.05, 0.1) is 11.9 Å². The average molecular weight is 334 g/mol. The molecule has 0 N–H and O–H groups in total. The third kappa shape index (κ3) is 2.82. The summed E-state index contributed by atoms with van der Waals surface area (Å²) < 4.78 is 20.6. The van der Waals surface area contributed by atoms with E-state index in [0.29, 0.717) is 22.7 Å². The van der Waals surface area contributed by atoms with Crippen molar-refractivity contribution in [1.29, 1.82) is 0 Å². The van der Waals surface area contributed by atoms with E-state index in [0.717, 1.165) is 5.69 Å². The van der Waals surface area contributed by atoms with Gasteiger partial charge in [0.15, 0.2) is 5.65 Å². The van der Waals surface area contributed by atoms with Crippen LogP contribution in [-0.2, 0) is 0 Å². The molecule has 0 bridgehead atoms. The zero-order valence-electron chi connectivity index (χ0n) is 13.8. The molecule has 2 aromatic carbocycles. The summed E-state index contributed by atoms with van der Waals surface area (Å²) in [5.74, 6) is 0.565. The monoisotopic (exact) mass is 334 g/mol. The lowest BCUT2D eigenvalue weighted by Gasteiger charge is -2.07. The fourth-order valence-corrected chi connectivity index (χ4v) is 2.56. The van der Waals surface area contributed by atoms with Gasteiger partial charge in [0.2, 0.25) is 5.88 Å². The van der Waals surface area contributed by atoms with Crippen molar-refractivity contribution in [1.82, 2.24) is 19.7 Å². The first-order valence-electron chi connectivity index (χ1n) is 7.81. The van der Waals surface area contributed by atoms with E-state index < -0.39 is 0 Å². The highest BCUT2D eigenvalue weighted by Crippen LogP contribution is 2.28. The van der Waals surface area contributed by atoms with Gasteiger partial charge in [0.1, 0.15) is 23.3 Å². The van der Waals surface area contributed by atoms with Gasteiger partial charge in [-0.2, -0.15) is 5.10 Å². The third-order valence-electron chi connectivity index (χ3n) is 4.09. The minimum atomic E-state index is -0.317. The molecule has 0 amide bonds. The van der Waals surface area contributed by atoms with Gasteiger partial charge < -0.3 is 4.74 Å². The lowest BCUT2D eigenvalue weighted by atomic mass is 10.1.